The zero-order chi connectivity index (χ0) is 15.5. The quantitative estimate of drug-likeness (QED) is 0.833. The van der Waals surface area contributed by atoms with Crippen molar-refractivity contribution in [1.82, 2.24) is 19.7 Å². The van der Waals surface area contributed by atoms with Gasteiger partial charge in [-0.2, -0.15) is 9.97 Å². The molecule has 0 aromatic carbocycles. The second-order valence-corrected chi connectivity index (χ2v) is 7.20. The molecule has 8 nitrogen and oxygen atoms in total. The van der Waals surface area contributed by atoms with Gasteiger partial charge in [0.1, 0.15) is 4.21 Å². The van der Waals surface area contributed by atoms with Crippen LogP contribution < -0.4 is 14.2 Å². The summed E-state index contributed by atoms with van der Waals surface area (Å²) >= 11 is 1.19. The van der Waals surface area contributed by atoms with E-state index in [2.05, 4.69) is 19.7 Å². The van der Waals surface area contributed by atoms with Crippen LogP contribution in [0.5, 0.6) is 12.0 Å². The number of methoxy groups -OCH3 is 2. The first-order valence-electron chi connectivity index (χ1n) is 5.83. The molecule has 0 aliphatic rings. The predicted octanol–water partition coefficient (Wildman–Crippen LogP) is 0.737. The van der Waals surface area contributed by atoms with Gasteiger partial charge in [-0.1, -0.05) is 0 Å². The van der Waals surface area contributed by atoms with Crippen molar-refractivity contribution in [2.75, 3.05) is 14.2 Å². The molecule has 1 N–H and O–H groups in total. The lowest BCUT2D eigenvalue weighted by molar-refractivity contribution is 0.336. The predicted molar refractivity (Wildman–Crippen MR) is 76.0 cm³/mol. The van der Waals surface area contributed by atoms with Gasteiger partial charge in [-0.3, -0.25) is 0 Å². The molecule has 2 heterocycles. The van der Waals surface area contributed by atoms with Crippen LogP contribution in [0.4, 0.5) is 0 Å². The largest absolute Gasteiger partial charge is 0.467 e. The Morgan fingerprint density at radius 1 is 1.14 bits per heavy atom. The minimum absolute atomic E-state index is 0.0583. The molecule has 2 aromatic heterocycles. The SMILES string of the molecule is COc1nc(CNS(=O)(=O)c2ccc(C)s2)nc(OC)n1. The van der Waals surface area contributed by atoms with Gasteiger partial charge in [0, 0.05) is 4.88 Å². The van der Waals surface area contributed by atoms with Gasteiger partial charge in [-0.05, 0) is 19.1 Å². The Hall–Kier alpha value is -1.78. The summed E-state index contributed by atoms with van der Waals surface area (Å²) in [7, 11) is -0.790. The molecule has 0 fully saturated rings. The number of nitrogens with one attached hydrogen (secondary N) is 1. The molecule has 0 spiro atoms. The summed E-state index contributed by atoms with van der Waals surface area (Å²) in [4.78, 5) is 12.7. The van der Waals surface area contributed by atoms with Crippen LogP contribution in [-0.2, 0) is 16.6 Å². The maximum Gasteiger partial charge on any atom is 0.322 e. The summed E-state index contributed by atoms with van der Waals surface area (Å²) in [5.74, 6) is 0.204. The molecule has 2 aromatic rings. The topological polar surface area (TPSA) is 103 Å². The molecule has 0 saturated heterocycles. The number of hydrogen-bond acceptors (Lipinski definition) is 8. The van der Waals surface area contributed by atoms with E-state index in [4.69, 9.17) is 9.47 Å². The number of nitrogens with zero attached hydrogens (tertiary/aromatic N) is 3. The zero-order valence-electron chi connectivity index (χ0n) is 11.7. The van der Waals surface area contributed by atoms with E-state index in [-0.39, 0.29) is 28.6 Å². The van der Waals surface area contributed by atoms with E-state index in [1.807, 2.05) is 6.92 Å². The van der Waals surface area contributed by atoms with Gasteiger partial charge < -0.3 is 9.47 Å². The van der Waals surface area contributed by atoms with Gasteiger partial charge in [0.25, 0.3) is 0 Å². The van der Waals surface area contributed by atoms with Gasteiger partial charge in [-0.15, -0.1) is 16.3 Å². The molecule has 0 unspecified atom stereocenters. The van der Waals surface area contributed by atoms with Crippen molar-refractivity contribution in [3.8, 4) is 12.0 Å². The lowest BCUT2D eigenvalue weighted by Crippen LogP contribution is -2.24. The standard InChI is InChI=1S/C11H14N4O4S2/c1-7-4-5-9(20-7)21(16,17)12-6-8-13-10(18-2)15-11(14-8)19-3/h4-5,12H,6H2,1-3H3. The highest BCUT2D eigenvalue weighted by molar-refractivity contribution is 7.91. The van der Waals surface area contributed by atoms with Crippen molar-refractivity contribution >= 4 is 21.4 Å². The molecule has 0 amide bonds. The molecule has 0 aliphatic heterocycles. The average Bonchev–Trinajstić information content (AvgIpc) is 2.92. The van der Waals surface area contributed by atoms with Crippen molar-refractivity contribution in [2.24, 2.45) is 0 Å². The monoisotopic (exact) mass is 330 g/mol. The highest BCUT2D eigenvalue weighted by atomic mass is 32.2. The summed E-state index contributed by atoms with van der Waals surface area (Å²) in [5.41, 5.74) is 0. The van der Waals surface area contributed by atoms with Crippen molar-refractivity contribution in [1.29, 1.82) is 0 Å². The molecule has 0 aliphatic carbocycles. The van der Waals surface area contributed by atoms with Gasteiger partial charge in [0.2, 0.25) is 10.0 Å². The van der Waals surface area contributed by atoms with Gasteiger partial charge in [0.15, 0.2) is 5.82 Å². The molecule has 0 bridgehead atoms. The van der Waals surface area contributed by atoms with Crippen molar-refractivity contribution in [3.63, 3.8) is 0 Å². The normalized spacial score (nSPS) is 11.4. The van der Waals surface area contributed by atoms with E-state index < -0.39 is 10.0 Å². The van der Waals surface area contributed by atoms with Crippen molar-refractivity contribution in [3.05, 3.63) is 22.8 Å². The summed E-state index contributed by atoms with van der Waals surface area (Å²) < 4.78 is 36.7. The highest BCUT2D eigenvalue weighted by Gasteiger charge is 2.17. The summed E-state index contributed by atoms with van der Waals surface area (Å²) in [6.07, 6.45) is 0. The first kappa shape index (κ1) is 15.6. The third kappa shape index (κ3) is 3.86. The second kappa shape index (κ2) is 6.33. The summed E-state index contributed by atoms with van der Waals surface area (Å²) in [5, 5.41) is 0. The molecule has 0 saturated carbocycles. The van der Waals surface area contributed by atoms with Crippen molar-refractivity contribution in [2.45, 2.75) is 17.7 Å². The fraction of sp³-hybridized carbons (Fsp3) is 0.364. The van der Waals surface area contributed by atoms with Crippen LogP contribution in [-0.4, -0.2) is 37.6 Å². The number of sulfonamides is 1. The third-order valence-corrected chi connectivity index (χ3v) is 5.30. The smallest absolute Gasteiger partial charge is 0.322 e. The first-order chi connectivity index (χ1) is 9.94. The van der Waals surface area contributed by atoms with Crippen LogP contribution in [0.15, 0.2) is 16.3 Å². The minimum atomic E-state index is -3.59. The van der Waals surface area contributed by atoms with E-state index >= 15 is 0 Å². The lowest BCUT2D eigenvalue weighted by Gasteiger charge is -2.06. The third-order valence-electron chi connectivity index (χ3n) is 2.41. The Kier molecular flexibility index (Phi) is 4.70. The Morgan fingerprint density at radius 2 is 1.76 bits per heavy atom. The number of hydrogen-bond donors (Lipinski definition) is 1. The molecule has 2 rings (SSSR count). The van der Waals surface area contributed by atoms with Crippen LogP contribution in [0.3, 0.4) is 0 Å². The fourth-order valence-electron chi connectivity index (χ4n) is 1.43. The van der Waals surface area contributed by atoms with E-state index in [0.717, 1.165) is 4.88 Å². The van der Waals surface area contributed by atoms with Crippen LogP contribution in [0.2, 0.25) is 0 Å². The van der Waals surface area contributed by atoms with Gasteiger partial charge in [-0.25, -0.2) is 13.1 Å². The van der Waals surface area contributed by atoms with Gasteiger partial charge >= 0.3 is 12.0 Å². The van der Waals surface area contributed by atoms with Gasteiger partial charge in [0.05, 0.1) is 20.8 Å². The van der Waals surface area contributed by atoms with Crippen LogP contribution in [0, 0.1) is 6.92 Å². The highest BCUT2D eigenvalue weighted by Crippen LogP contribution is 2.20. The van der Waals surface area contributed by atoms with E-state index in [1.54, 1.807) is 12.1 Å². The zero-order valence-corrected chi connectivity index (χ0v) is 13.3. The number of rotatable bonds is 6. The number of thiophene rings is 1. The summed E-state index contributed by atoms with van der Waals surface area (Å²) in [6, 6.07) is 3.41. The van der Waals surface area contributed by atoms with E-state index in [9.17, 15) is 8.42 Å². The average molecular weight is 330 g/mol. The van der Waals surface area contributed by atoms with Crippen LogP contribution >= 0.6 is 11.3 Å². The molecule has 114 valence electrons. The Balaban J connectivity index is 2.16. The molecular weight excluding hydrogens is 316 g/mol. The molecule has 21 heavy (non-hydrogen) atoms. The maximum absolute atomic E-state index is 12.1. The number of aryl methyl sites for hydroxylation is 1. The maximum atomic E-state index is 12.1. The fourth-order valence-corrected chi connectivity index (χ4v) is 3.73. The Bertz CT molecular complexity index is 707. The molecule has 0 atom stereocenters. The van der Waals surface area contributed by atoms with Crippen LogP contribution in [0.1, 0.15) is 10.7 Å². The molecule has 10 heteroatoms. The first-order valence-corrected chi connectivity index (χ1v) is 8.13. The second-order valence-electron chi connectivity index (χ2n) is 3.91. The molecular formula is C11H14N4O4S2. The Morgan fingerprint density at radius 3 is 2.24 bits per heavy atom. The molecule has 0 radical (unpaired) electrons. The van der Waals surface area contributed by atoms with E-state index in [0.29, 0.717) is 0 Å². The Labute approximate surface area is 126 Å². The van der Waals surface area contributed by atoms with Crippen molar-refractivity contribution < 1.29 is 17.9 Å². The van der Waals surface area contributed by atoms with Crippen LogP contribution in [0.25, 0.3) is 0 Å². The summed E-state index contributed by atoms with van der Waals surface area (Å²) in [6.45, 7) is 1.75. The number of ether oxygens (including phenoxy) is 2. The van der Waals surface area contributed by atoms with E-state index in [1.165, 1.54) is 25.6 Å². The lowest BCUT2D eigenvalue weighted by atomic mass is 10.5. The minimum Gasteiger partial charge on any atom is -0.467 e. The number of aromatic nitrogens is 3.